The van der Waals surface area contributed by atoms with Gasteiger partial charge in [0.25, 0.3) is 0 Å². The maximum Gasteiger partial charge on any atom is 0.243 e. The van der Waals surface area contributed by atoms with E-state index in [0.29, 0.717) is 79.8 Å². The van der Waals surface area contributed by atoms with E-state index in [2.05, 4.69) is 30.8 Å². The Kier molecular flexibility index (Phi) is 6.93. The molecule has 0 radical (unpaired) electrons. The number of benzene rings is 1. The van der Waals surface area contributed by atoms with E-state index in [9.17, 15) is 8.42 Å². The molecule has 0 amide bonds. The summed E-state index contributed by atoms with van der Waals surface area (Å²) in [6, 6.07) is 3.91. The molecule has 39 heavy (non-hydrogen) atoms. The SMILES string of the molecule is Cc1cc(N2CCOCC2)cc(S(=O)(=O)N2CCN(C)CC2)c1-c1csc2cnc(-c3cnc(N)nc3)nc12. The minimum atomic E-state index is -3.79. The average Bonchev–Trinajstić information content (AvgIpc) is 3.36. The van der Waals surface area contributed by atoms with E-state index in [1.807, 2.05) is 25.4 Å². The molecule has 0 spiro atoms. The largest absolute Gasteiger partial charge is 0.378 e. The average molecular weight is 567 g/mol. The van der Waals surface area contributed by atoms with Crippen LogP contribution in [0.1, 0.15) is 5.56 Å². The van der Waals surface area contributed by atoms with Crippen molar-refractivity contribution in [2.75, 3.05) is 70.2 Å². The fourth-order valence-corrected chi connectivity index (χ4v) is 7.63. The summed E-state index contributed by atoms with van der Waals surface area (Å²) in [7, 11) is -1.77. The van der Waals surface area contributed by atoms with E-state index in [-0.39, 0.29) is 5.95 Å². The van der Waals surface area contributed by atoms with Gasteiger partial charge in [-0.15, -0.1) is 11.3 Å². The molecule has 204 valence electrons. The first-order chi connectivity index (χ1) is 18.8. The summed E-state index contributed by atoms with van der Waals surface area (Å²) in [5.41, 5.74) is 10.2. The number of morpholine rings is 1. The molecule has 1 aromatic carbocycles. The van der Waals surface area contributed by atoms with Gasteiger partial charge in [-0.2, -0.15) is 4.31 Å². The Hall–Kier alpha value is -3.23. The van der Waals surface area contributed by atoms with E-state index in [4.69, 9.17) is 15.5 Å². The number of piperazine rings is 1. The molecule has 2 N–H and O–H groups in total. The highest BCUT2D eigenvalue weighted by molar-refractivity contribution is 7.89. The highest BCUT2D eigenvalue weighted by atomic mass is 32.2. The third kappa shape index (κ3) is 4.96. The molecule has 0 aliphatic carbocycles. The van der Waals surface area contributed by atoms with Crippen LogP contribution in [-0.4, -0.2) is 97.1 Å². The monoisotopic (exact) mass is 566 g/mol. The molecule has 6 rings (SSSR count). The molecule has 4 aromatic rings. The number of aromatic nitrogens is 4. The lowest BCUT2D eigenvalue weighted by atomic mass is 10.0. The molecule has 0 unspecified atom stereocenters. The quantitative estimate of drug-likeness (QED) is 0.384. The topological polar surface area (TPSA) is 131 Å². The van der Waals surface area contributed by atoms with Crippen molar-refractivity contribution in [2.24, 2.45) is 0 Å². The Labute approximate surface area is 231 Å². The second-order valence-electron chi connectivity index (χ2n) is 9.83. The van der Waals surface area contributed by atoms with E-state index < -0.39 is 10.0 Å². The van der Waals surface area contributed by atoms with Gasteiger partial charge in [-0.05, 0) is 31.7 Å². The van der Waals surface area contributed by atoms with Crippen molar-refractivity contribution in [3.8, 4) is 22.5 Å². The molecule has 0 bridgehead atoms. The standard InChI is InChI=1S/C26H30N8O3S2/c1-17-11-19(33-7-9-37-10-8-33)12-22(39(35,36)34-5-3-32(2)4-6-34)23(17)20-16-38-21-15-28-25(31-24(20)21)18-13-29-26(27)30-14-18/h11-16H,3-10H2,1-2H3,(H2,27,29,30). The van der Waals surface area contributed by atoms with Crippen molar-refractivity contribution in [1.29, 1.82) is 0 Å². The molecular weight excluding hydrogens is 536 g/mol. The minimum absolute atomic E-state index is 0.172. The van der Waals surface area contributed by atoms with E-state index in [1.165, 1.54) is 11.3 Å². The molecular formula is C26H30N8O3S2. The highest BCUT2D eigenvalue weighted by Crippen LogP contribution is 2.41. The molecule has 2 fully saturated rings. The number of thiophene rings is 1. The third-order valence-electron chi connectivity index (χ3n) is 7.25. The summed E-state index contributed by atoms with van der Waals surface area (Å²) in [6.07, 6.45) is 4.93. The van der Waals surface area contributed by atoms with Crippen LogP contribution in [0.25, 0.3) is 32.7 Å². The van der Waals surface area contributed by atoms with E-state index in [1.54, 1.807) is 22.9 Å². The van der Waals surface area contributed by atoms with Gasteiger partial charge in [-0.3, -0.25) is 0 Å². The van der Waals surface area contributed by atoms with Crippen LogP contribution in [0.4, 0.5) is 11.6 Å². The summed E-state index contributed by atoms with van der Waals surface area (Å²) >= 11 is 1.49. The summed E-state index contributed by atoms with van der Waals surface area (Å²) in [4.78, 5) is 22.1. The molecule has 2 aliphatic heterocycles. The second kappa shape index (κ2) is 10.4. The third-order valence-corrected chi connectivity index (χ3v) is 10.1. The van der Waals surface area contributed by atoms with Crippen LogP contribution in [0.5, 0.6) is 0 Å². The first-order valence-electron chi connectivity index (χ1n) is 12.8. The van der Waals surface area contributed by atoms with Crippen molar-refractivity contribution >= 4 is 43.2 Å². The van der Waals surface area contributed by atoms with Crippen molar-refractivity contribution in [3.63, 3.8) is 0 Å². The van der Waals surface area contributed by atoms with E-state index >= 15 is 0 Å². The second-order valence-corrected chi connectivity index (χ2v) is 12.6. The maximum absolute atomic E-state index is 14.3. The molecule has 13 heteroatoms. The first kappa shape index (κ1) is 26.0. The zero-order chi connectivity index (χ0) is 27.1. The molecule has 2 saturated heterocycles. The molecule has 11 nitrogen and oxygen atoms in total. The van der Waals surface area contributed by atoms with Crippen LogP contribution in [0.2, 0.25) is 0 Å². The molecule has 0 atom stereocenters. The minimum Gasteiger partial charge on any atom is -0.378 e. The molecule has 3 aromatic heterocycles. The number of fused-ring (bicyclic) bond motifs is 1. The van der Waals surface area contributed by atoms with Gasteiger partial charge in [-0.1, -0.05) is 0 Å². The lowest BCUT2D eigenvalue weighted by molar-refractivity contribution is 0.122. The zero-order valence-corrected chi connectivity index (χ0v) is 23.5. The van der Waals surface area contributed by atoms with Gasteiger partial charge in [0.05, 0.1) is 33.9 Å². The van der Waals surface area contributed by atoms with Crippen LogP contribution in [0, 0.1) is 6.92 Å². The molecule has 0 saturated carbocycles. The lowest BCUT2D eigenvalue weighted by Gasteiger charge is -2.33. The predicted octanol–water partition coefficient (Wildman–Crippen LogP) is 2.48. The smallest absolute Gasteiger partial charge is 0.243 e. The van der Waals surface area contributed by atoms with Gasteiger partial charge in [0.2, 0.25) is 16.0 Å². The number of sulfonamides is 1. The summed E-state index contributed by atoms with van der Waals surface area (Å²) in [5, 5.41) is 1.97. The van der Waals surface area contributed by atoms with Crippen LogP contribution in [0.3, 0.4) is 0 Å². The number of anilines is 2. The Balaban J connectivity index is 1.52. The number of hydrogen-bond donors (Lipinski definition) is 1. The van der Waals surface area contributed by atoms with Crippen LogP contribution in [0.15, 0.2) is 41.0 Å². The predicted molar refractivity (Wildman–Crippen MR) is 152 cm³/mol. The van der Waals surface area contributed by atoms with Crippen LogP contribution in [-0.2, 0) is 14.8 Å². The Morgan fingerprint density at radius 3 is 2.41 bits per heavy atom. The number of hydrogen-bond acceptors (Lipinski definition) is 11. The maximum atomic E-state index is 14.3. The van der Waals surface area contributed by atoms with Gasteiger partial charge in [-0.25, -0.2) is 28.4 Å². The van der Waals surface area contributed by atoms with Gasteiger partial charge >= 0.3 is 0 Å². The molecule has 2 aliphatic rings. The first-order valence-corrected chi connectivity index (χ1v) is 15.1. The normalized spacial score (nSPS) is 17.6. The number of ether oxygens (including phenoxy) is 1. The fraction of sp³-hybridized carbons (Fsp3) is 0.385. The number of rotatable bonds is 5. The Morgan fingerprint density at radius 1 is 0.974 bits per heavy atom. The number of aryl methyl sites for hydroxylation is 1. The lowest BCUT2D eigenvalue weighted by Crippen LogP contribution is -2.47. The summed E-state index contributed by atoms with van der Waals surface area (Å²) in [5.74, 6) is 0.624. The van der Waals surface area contributed by atoms with Crippen LogP contribution < -0.4 is 10.6 Å². The van der Waals surface area contributed by atoms with Crippen molar-refractivity contribution in [1.82, 2.24) is 29.1 Å². The van der Waals surface area contributed by atoms with Gasteiger partial charge in [0, 0.05) is 80.1 Å². The number of nitrogens with two attached hydrogens (primary N) is 1. The number of nitrogens with zero attached hydrogens (tertiary/aromatic N) is 7. The number of likely N-dealkylation sites (N-methyl/N-ethyl adjacent to an activating group) is 1. The fourth-order valence-electron chi connectivity index (χ4n) is 5.05. The zero-order valence-electron chi connectivity index (χ0n) is 21.9. The summed E-state index contributed by atoms with van der Waals surface area (Å²) in [6.45, 7) is 6.93. The van der Waals surface area contributed by atoms with Crippen LogP contribution >= 0.6 is 11.3 Å². The van der Waals surface area contributed by atoms with Crippen molar-refractivity contribution in [2.45, 2.75) is 11.8 Å². The Morgan fingerprint density at radius 2 is 1.69 bits per heavy atom. The number of nitrogen functional groups attached to an aromatic ring is 1. The summed E-state index contributed by atoms with van der Waals surface area (Å²) < 4.78 is 36.5. The van der Waals surface area contributed by atoms with Gasteiger partial charge in [0.15, 0.2) is 5.82 Å². The molecule has 5 heterocycles. The highest BCUT2D eigenvalue weighted by Gasteiger charge is 2.32. The van der Waals surface area contributed by atoms with Crippen molar-refractivity contribution in [3.05, 3.63) is 41.7 Å². The van der Waals surface area contributed by atoms with Crippen molar-refractivity contribution < 1.29 is 13.2 Å². The van der Waals surface area contributed by atoms with E-state index in [0.717, 1.165) is 21.5 Å². The van der Waals surface area contributed by atoms with Gasteiger partial charge in [0.1, 0.15) is 0 Å². The Bertz CT molecular complexity index is 1610. The van der Waals surface area contributed by atoms with Gasteiger partial charge < -0.3 is 20.3 Å².